The van der Waals surface area contributed by atoms with Gasteiger partial charge < -0.3 is 15.0 Å². The van der Waals surface area contributed by atoms with Crippen LogP contribution in [0.2, 0.25) is 0 Å². The van der Waals surface area contributed by atoms with Crippen LogP contribution in [0.3, 0.4) is 0 Å². The first kappa shape index (κ1) is 17.5. The summed E-state index contributed by atoms with van der Waals surface area (Å²) in [6, 6.07) is 0. The highest BCUT2D eigenvalue weighted by atomic mass is 32.2. The van der Waals surface area contributed by atoms with Crippen molar-refractivity contribution in [2.75, 3.05) is 46.2 Å². The second-order valence-electron chi connectivity index (χ2n) is 6.64. The molecule has 1 N–H and O–H groups in total. The van der Waals surface area contributed by atoms with Crippen molar-refractivity contribution in [3.63, 3.8) is 0 Å². The van der Waals surface area contributed by atoms with Crippen LogP contribution < -0.4 is 5.32 Å². The van der Waals surface area contributed by atoms with E-state index in [4.69, 9.17) is 4.74 Å². The van der Waals surface area contributed by atoms with Crippen LogP contribution in [0.25, 0.3) is 0 Å². The fourth-order valence-electron chi connectivity index (χ4n) is 3.21. The van der Waals surface area contributed by atoms with Gasteiger partial charge in [-0.2, -0.15) is 0 Å². The molecule has 128 valence electrons. The van der Waals surface area contributed by atoms with Crippen LogP contribution in [-0.4, -0.2) is 70.2 Å². The molecule has 2 aliphatic rings. The third-order valence-electron chi connectivity index (χ3n) is 5.05. The van der Waals surface area contributed by atoms with Crippen molar-refractivity contribution in [2.45, 2.75) is 37.4 Å². The predicted molar refractivity (Wildman–Crippen MR) is 89.0 cm³/mol. The second kappa shape index (κ2) is 7.17. The van der Waals surface area contributed by atoms with Gasteiger partial charge in [0.2, 0.25) is 0 Å². The lowest BCUT2D eigenvalue weighted by Crippen LogP contribution is -2.55. The maximum atomic E-state index is 12.3. The Morgan fingerprint density at radius 3 is 2.41 bits per heavy atom. The van der Waals surface area contributed by atoms with E-state index in [2.05, 4.69) is 22.1 Å². The van der Waals surface area contributed by atoms with Crippen molar-refractivity contribution in [1.82, 2.24) is 10.2 Å². The minimum atomic E-state index is -3.15. The quantitative estimate of drug-likeness (QED) is 0.614. The molecule has 2 heterocycles. The zero-order valence-corrected chi connectivity index (χ0v) is 14.8. The Kier molecular flexibility index (Phi) is 5.71. The van der Waals surface area contributed by atoms with Crippen LogP contribution in [0.1, 0.15) is 32.6 Å². The van der Waals surface area contributed by atoms with Gasteiger partial charge in [0, 0.05) is 46.2 Å². The topological polar surface area (TPSA) is 71.0 Å². The zero-order chi connectivity index (χ0) is 16.2. The molecule has 0 aliphatic carbocycles. The van der Waals surface area contributed by atoms with Gasteiger partial charge in [0.15, 0.2) is 15.8 Å². The molecule has 0 aromatic carbocycles. The van der Waals surface area contributed by atoms with Gasteiger partial charge in [-0.25, -0.2) is 8.42 Å². The first-order chi connectivity index (χ1) is 10.4. The molecule has 0 atom stereocenters. The summed E-state index contributed by atoms with van der Waals surface area (Å²) in [5.41, 5.74) is 0. The van der Waals surface area contributed by atoms with E-state index in [0.29, 0.717) is 32.6 Å². The number of guanidine groups is 1. The maximum Gasteiger partial charge on any atom is 0.193 e. The molecule has 0 aromatic heterocycles. The van der Waals surface area contributed by atoms with E-state index in [9.17, 15) is 8.42 Å². The molecule has 22 heavy (non-hydrogen) atoms. The summed E-state index contributed by atoms with van der Waals surface area (Å²) < 4.78 is 29.2. The van der Waals surface area contributed by atoms with Gasteiger partial charge in [-0.1, -0.05) is 6.92 Å². The maximum absolute atomic E-state index is 12.3. The molecule has 2 fully saturated rings. The van der Waals surface area contributed by atoms with Crippen molar-refractivity contribution >= 4 is 15.8 Å². The van der Waals surface area contributed by atoms with Crippen LogP contribution in [0.5, 0.6) is 0 Å². The molecule has 0 radical (unpaired) electrons. The van der Waals surface area contributed by atoms with Crippen molar-refractivity contribution in [1.29, 1.82) is 0 Å². The van der Waals surface area contributed by atoms with E-state index in [1.807, 2.05) is 0 Å². The van der Waals surface area contributed by atoms with E-state index in [0.717, 1.165) is 37.8 Å². The van der Waals surface area contributed by atoms with Crippen LogP contribution in [0.4, 0.5) is 0 Å². The Morgan fingerprint density at radius 2 is 1.91 bits per heavy atom. The van der Waals surface area contributed by atoms with Gasteiger partial charge in [-0.15, -0.1) is 0 Å². The highest BCUT2D eigenvalue weighted by Crippen LogP contribution is 2.28. The number of likely N-dealkylation sites (tertiary alicyclic amines) is 1. The first-order valence-electron chi connectivity index (χ1n) is 8.11. The Balaban J connectivity index is 2.02. The number of piperidine rings is 1. The Bertz CT molecular complexity index is 490. The summed E-state index contributed by atoms with van der Waals surface area (Å²) in [5.74, 6) is 1.58. The highest BCUT2D eigenvalue weighted by Gasteiger charge is 2.42. The summed E-state index contributed by atoms with van der Waals surface area (Å²) in [4.78, 5) is 6.57. The van der Waals surface area contributed by atoms with E-state index in [1.54, 1.807) is 7.05 Å². The summed E-state index contributed by atoms with van der Waals surface area (Å²) in [6.07, 6.45) is 4.75. The van der Waals surface area contributed by atoms with Crippen molar-refractivity contribution in [3.8, 4) is 0 Å². The molecule has 7 heteroatoms. The molecule has 0 spiro atoms. The van der Waals surface area contributed by atoms with Gasteiger partial charge in [0.05, 0.1) is 4.75 Å². The fourth-order valence-corrected chi connectivity index (χ4v) is 4.46. The largest absolute Gasteiger partial charge is 0.381 e. The second-order valence-corrected chi connectivity index (χ2v) is 9.05. The normalized spacial score (nSPS) is 24.3. The minimum Gasteiger partial charge on any atom is -0.381 e. The number of hydrogen-bond donors (Lipinski definition) is 1. The smallest absolute Gasteiger partial charge is 0.193 e. The predicted octanol–water partition coefficient (Wildman–Crippen LogP) is 0.888. The Hall–Kier alpha value is -0.820. The molecular weight excluding hydrogens is 302 g/mol. The van der Waals surface area contributed by atoms with E-state index >= 15 is 0 Å². The van der Waals surface area contributed by atoms with Gasteiger partial charge in [0.1, 0.15) is 0 Å². The standard InChI is InChI=1S/C15H29N3O3S/c1-13-4-8-18(9-5-13)14(16-2)17-12-15(22(3,19)20)6-10-21-11-7-15/h13H,4-12H2,1-3H3,(H,16,17). The van der Waals surface area contributed by atoms with E-state index in [1.165, 1.54) is 6.26 Å². The van der Waals surface area contributed by atoms with Crippen molar-refractivity contribution in [3.05, 3.63) is 0 Å². The summed E-state index contributed by atoms with van der Waals surface area (Å²) >= 11 is 0. The molecule has 0 bridgehead atoms. The number of nitrogens with one attached hydrogen (secondary N) is 1. The number of ether oxygens (including phenoxy) is 1. The molecule has 0 aromatic rings. The molecule has 0 amide bonds. The molecule has 2 saturated heterocycles. The Labute approximate surface area is 134 Å². The number of nitrogens with zero attached hydrogens (tertiary/aromatic N) is 2. The number of sulfone groups is 1. The first-order valence-corrected chi connectivity index (χ1v) is 10.00. The van der Waals surface area contributed by atoms with Crippen LogP contribution >= 0.6 is 0 Å². The fraction of sp³-hybridized carbons (Fsp3) is 0.933. The Morgan fingerprint density at radius 1 is 1.32 bits per heavy atom. The molecular formula is C15H29N3O3S. The lowest BCUT2D eigenvalue weighted by Gasteiger charge is -2.38. The van der Waals surface area contributed by atoms with Gasteiger partial charge >= 0.3 is 0 Å². The number of aliphatic imine (C=N–C) groups is 1. The van der Waals surface area contributed by atoms with Gasteiger partial charge in [-0.3, -0.25) is 4.99 Å². The molecule has 0 unspecified atom stereocenters. The van der Waals surface area contributed by atoms with Crippen molar-refractivity contribution in [2.24, 2.45) is 10.9 Å². The SMILES string of the molecule is CN=C(NCC1(S(C)(=O)=O)CCOCC1)N1CCC(C)CC1. The summed E-state index contributed by atoms with van der Waals surface area (Å²) in [5, 5.41) is 3.31. The lowest BCUT2D eigenvalue weighted by atomic mass is 9.98. The third kappa shape index (κ3) is 3.93. The molecule has 2 aliphatic heterocycles. The van der Waals surface area contributed by atoms with Crippen LogP contribution in [0.15, 0.2) is 4.99 Å². The average molecular weight is 331 g/mol. The summed E-state index contributed by atoms with van der Waals surface area (Å²) in [6.45, 7) is 5.66. The number of rotatable bonds is 3. The molecule has 6 nitrogen and oxygen atoms in total. The highest BCUT2D eigenvalue weighted by molar-refractivity contribution is 7.92. The van der Waals surface area contributed by atoms with E-state index < -0.39 is 14.6 Å². The number of hydrogen-bond acceptors (Lipinski definition) is 4. The van der Waals surface area contributed by atoms with Gasteiger partial charge in [0.25, 0.3) is 0 Å². The average Bonchev–Trinajstić information content (AvgIpc) is 2.49. The van der Waals surface area contributed by atoms with Crippen molar-refractivity contribution < 1.29 is 13.2 Å². The molecule has 0 saturated carbocycles. The summed E-state index contributed by atoms with van der Waals surface area (Å²) in [7, 11) is -1.39. The monoisotopic (exact) mass is 331 g/mol. The lowest BCUT2D eigenvalue weighted by molar-refractivity contribution is 0.0754. The third-order valence-corrected chi connectivity index (χ3v) is 7.18. The van der Waals surface area contributed by atoms with E-state index in [-0.39, 0.29) is 0 Å². The van der Waals surface area contributed by atoms with Gasteiger partial charge in [-0.05, 0) is 31.6 Å². The van der Waals surface area contributed by atoms with Crippen LogP contribution in [-0.2, 0) is 14.6 Å². The molecule has 2 rings (SSSR count). The minimum absolute atomic E-state index is 0.411. The zero-order valence-electron chi connectivity index (χ0n) is 14.0. The van der Waals surface area contributed by atoms with Crippen LogP contribution in [0, 0.1) is 5.92 Å².